The molecule has 148 valence electrons. The number of carbonyl (C=O) groups excluding carboxylic acids is 2. The Morgan fingerprint density at radius 3 is 2.61 bits per heavy atom. The molecular formula is C23H28N2O3. The first-order valence-corrected chi connectivity index (χ1v) is 9.71. The fourth-order valence-electron chi connectivity index (χ4n) is 3.80. The molecule has 0 aromatic heterocycles. The highest BCUT2D eigenvalue weighted by atomic mass is 16.5. The molecule has 1 N–H and O–H groups in total. The topological polar surface area (TPSA) is 58.6 Å². The number of carbonyl (C=O) groups is 2. The summed E-state index contributed by atoms with van der Waals surface area (Å²) in [5, 5.41) is 3.04. The fraction of sp³-hybridized carbons (Fsp3) is 0.391. The number of likely N-dealkylation sites (tertiary alicyclic amines) is 1. The van der Waals surface area contributed by atoms with Gasteiger partial charge in [-0.3, -0.25) is 9.59 Å². The molecule has 0 aliphatic carbocycles. The van der Waals surface area contributed by atoms with Crippen LogP contribution < -0.4 is 5.32 Å². The monoisotopic (exact) mass is 380 g/mol. The number of methoxy groups -OCH3 is 1. The molecule has 3 rings (SSSR count). The molecule has 0 bridgehead atoms. The van der Waals surface area contributed by atoms with Crippen molar-refractivity contribution in [2.75, 3.05) is 26.8 Å². The molecule has 1 saturated heterocycles. The number of nitrogens with zero attached hydrogens (tertiary/aromatic N) is 1. The predicted molar refractivity (Wildman–Crippen MR) is 109 cm³/mol. The van der Waals surface area contributed by atoms with Crippen LogP contribution in [0.4, 0.5) is 0 Å². The van der Waals surface area contributed by atoms with Gasteiger partial charge in [-0.1, -0.05) is 60.2 Å². The number of hydrogen-bond acceptors (Lipinski definition) is 3. The van der Waals surface area contributed by atoms with Crippen LogP contribution in [0.25, 0.3) is 0 Å². The van der Waals surface area contributed by atoms with E-state index >= 15 is 0 Å². The molecule has 1 heterocycles. The van der Waals surface area contributed by atoms with Gasteiger partial charge in [0.15, 0.2) is 0 Å². The highest BCUT2D eigenvalue weighted by Gasteiger charge is 2.34. The summed E-state index contributed by atoms with van der Waals surface area (Å²) in [7, 11) is 1.52. The van der Waals surface area contributed by atoms with Crippen molar-refractivity contribution in [3.8, 4) is 0 Å². The molecule has 2 unspecified atom stereocenters. The number of nitrogens with one attached hydrogen (secondary N) is 1. The van der Waals surface area contributed by atoms with Crippen molar-refractivity contribution < 1.29 is 14.3 Å². The fourth-order valence-corrected chi connectivity index (χ4v) is 3.80. The van der Waals surface area contributed by atoms with Crippen LogP contribution in [0, 0.1) is 12.8 Å². The van der Waals surface area contributed by atoms with Gasteiger partial charge in [-0.2, -0.15) is 0 Å². The maximum absolute atomic E-state index is 12.9. The number of benzene rings is 2. The summed E-state index contributed by atoms with van der Waals surface area (Å²) in [5.74, 6) is -0.164. The van der Waals surface area contributed by atoms with Crippen molar-refractivity contribution in [3.05, 3.63) is 71.3 Å². The van der Waals surface area contributed by atoms with E-state index in [9.17, 15) is 9.59 Å². The lowest BCUT2D eigenvalue weighted by Crippen LogP contribution is -2.48. The van der Waals surface area contributed by atoms with Gasteiger partial charge in [-0.25, -0.2) is 0 Å². The number of amides is 2. The quantitative estimate of drug-likeness (QED) is 0.838. The lowest BCUT2D eigenvalue weighted by molar-refractivity contribution is -0.139. The molecule has 1 aliphatic rings. The third-order valence-electron chi connectivity index (χ3n) is 5.26. The Hall–Kier alpha value is -2.66. The molecule has 0 spiro atoms. The van der Waals surface area contributed by atoms with Crippen LogP contribution in [-0.4, -0.2) is 43.5 Å². The average Bonchev–Trinajstić information content (AvgIpc) is 2.72. The van der Waals surface area contributed by atoms with Crippen molar-refractivity contribution in [2.24, 2.45) is 5.92 Å². The first kappa shape index (κ1) is 20.1. The van der Waals surface area contributed by atoms with Crippen LogP contribution >= 0.6 is 0 Å². The van der Waals surface area contributed by atoms with Crippen LogP contribution in [0.15, 0.2) is 54.6 Å². The Morgan fingerprint density at radius 1 is 1.11 bits per heavy atom. The Labute approximate surface area is 166 Å². The lowest BCUT2D eigenvalue weighted by Gasteiger charge is -2.37. The molecule has 0 saturated carbocycles. The van der Waals surface area contributed by atoms with Gasteiger partial charge in [0.2, 0.25) is 11.8 Å². The molecule has 2 atom stereocenters. The molecule has 28 heavy (non-hydrogen) atoms. The number of hydrogen-bond donors (Lipinski definition) is 1. The average molecular weight is 380 g/mol. The van der Waals surface area contributed by atoms with E-state index in [0.717, 1.165) is 12.0 Å². The molecular weight excluding hydrogens is 352 g/mol. The van der Waals surface area contributed by atoms with Crippen molar-refractivity contribution in [3.63, 3.8) is 0 Å². The standard InChI is InChI=1S/C23H28N2O3/c1-17-7-6-10-19(11-17)20-12-21(15-25(14-20)22(26)16-28-2)23(27)24-13-18-8-4-3-5-9-18/h3-11,20-21H,12-16H2,1-2H3,(H,24,27). The summed E-state index contributed by atoms with van der Waals surface area (Å²) in [6.07, 6.45) is 0.737. The maximum atomic E-state index is 12.9. The lowest BCUT2D eigenvalue weighted by atomic mass is 9.83. The summed E-state index contributed by atoms with van der Waals surface area (Å²) in [6, 6.07) is 18.2. The van der Waals surface area contributed by atoms with Gasteiger partial charge >= 0.3 is 0 Å². The zero-order valence-corrected chi connectivity index (χ0v) is 16.6. The minimum absolute atomic E-state index is 0.00331. The van der Waals surface area contributed by atoms with Gasteiger partial charge in [-0.15, -0.1) is 0 Å². The highest BCUT2D eigenvalue weighted by molar-refractivity contribution is 5.82. The second-order valence-electron chi connectivity index (χ2n) is 7.48. The minimum Gasteiger partial charge on any atom is -0.375 e. The van der Waals surface area contributed by atoms with Crippen LogP contribution in [-0.2, 0) is 20.9 Å². The van der Waals surface area contributed by atoms with Crippen LogP contribution in [0.5, 0.6) is 0 Å². The second kappa shape index (κ2) is 9.51. The van der Waals surface area contributed by atoms with E-state index in [4.69, 9.17) is 4.74 Å². The van der Waals surface area contributed by atoms with Crippen molar-refractivity contribution in [1.29, 1.82) is 0 Å². The van der Waals surface area contributed by atoms with Gasteiger partial charge in [0.25, 0.3) is 0 Å². The van der Waals surface area contributed by atoms with E-state index < -0.39 is 0 Å². The van der Waals surface area contributed by atoms with E-state index in [0.29, 0.717) is 19.6 Å². The normalized spacial score (nSPS) is 19.3. The van der Waals surface area contributed by atoms with Crippen molar-refractivity contribution in [1.82, 2.24) is 10.2 Å². The maximum Gasteiger partial charge on any atom is 0.248 e. The highest BCUT2D eigenvalue weighted by Crippen LogP contribution is 2.31. The van der Waals surface area contributed by atoms with Crippen molar-refractivity contribution >= 4 is 11.8 Å². The van der Waals surface area contributed by atoms with Gasteiger partial charge in [-0.05, 0) is 24.5 Å². The molecule has 5 nitrogen and oxygen atoms in total. The van der Waals surface area contributed by atoms with Gasteiger partial charge in [0, 0.05) is 32.7 Å². The Kier molecular flexibility index (Phi) is 6.82. The smallest absolute Gasteiger partial charge is 0.248 e. The van der Waals surface area contributed by atoms with Crippen molar-refractivity contribution in [2.45, 2.75) is 25.8 Å². The second-order valence-corrected chi connectivity index (χ2v) is 7.48. The van der Waals surface area contributed by atoms with Crippen LogP contribution in [0.3, 0.4) is 0 Å². The molecule has 2 aromatic carbocycles. The minimum atomic E-state index is -0.233. The summed E-state index contributed by atoms with van der Waals surface area (Å²) in [4.78, 5) is 27.1. The summed E-state index contributed by atoms with van der Waals surface area (Å²) in [5.41, 5.74) is 3.42. The molecule has 1 aliphatic heterocycles. The van der Waals surface area contributed by atoms with Crippen LogP contribution in [0.1, 0.15) is 29.0 Å². The largest absolute Gasteiger partial charge is 0.375 e. The number of piperidine rings is 1. The summed E-state index contributed by atoms with van der Waals surface area (Å²) in [6.45, 7) is 3.65. The summed E-state index contributed by atoms with van der Waals surface area (Å²) >= 11 is 0. The Morgan fingerprint density at radius 2 is 1.89 bits per heavy atom. The summed E-state index contributed by atoms with van der Waals surface area (Å²) < 4.78 is 5.03. The third kappa shape index (κ3) is 5.20. The van der Waals surface area contributed by atoms with E-state index in [1.54, 1.807) is 4.90 Å². The molecule has 2 aromatic rings. The number of rotatable bonds is 6. The Balaban J connectivity index is 1.72. The SMILES string of the molecule is COCC(=O)N1CC(C(=O)NCc2ccccc2)CC(c2cccc(C)c2)C1. The predicted octanol–water partition coefficient (Wildman–Crippen LogP) is 2.89. The van der Waals surface area contributed by atoms with Crippen LogP contribution in [0.2, 0.25) is 0 Å². The Bertz CT molecular complexity index is 807. The zero-order valence-electron chi connectivity index (χ0n) is 16.6. The third-order valence-corrected chi connectivity index (χ3v) is 5.26. The van der Waals surface area contributed by atoms with E-state index in [1.165, 1.54) is 18.2 Å². The number of aryl methyl sites for hydroxylation is 1. The molecule has 2 amide bonds. The van der Waals surface area contributed by atoms with Gasteiger partial charge < -0.3 is 15.0 Å². The van der Waals surface area contributed by atoms with E-state index in [2.05, 4.69) is 30.4 Å². The first-order valence-electron chi connectivity index (χ1n) is 9.71. The van der Waals surface area contributed by atoms with E-state index in [1.807, 2.05) is 36.4 Å². The first-order chi connectivity index (χ1) is 13.6. The number of ether oxygens (including phenoxy) is 1. The zero-order chi connectivity index (χ0) is 19.9. The van der Waals surface area contributed by atoms with Gasteiger partial charge in [0.05, 0.1) is 5.92 Å². The molecule has 0 radical (unpaired) electrons. The van der Waals surface area contributed by atoms with Gasteiger partial charge in [0.1, 0.15) is 6.61 Å². The molecule has 5 heteroatoms. The van der Waals surface area contributed by atoms with E-state index in [-0.39, 0.29) is 30.3 Å². The molecule has 1 fully saturated rings.